The van der Waals surface area contributed by atoms with E-state index in [2.05, 4.69) is 10.6 Å². The van der Waals surface area contributed by atoms with Gasteiger partial charge in [-0.05, 0) is 19.8 Å². The quantitative estimate of drug-likeness (QED) is 0.719. The Hall–Kier alpha value is -1.79. The fraction of sp³-hybridized carbons (Fsp3) is 0.800. The zero-order chi connectivity index (χ0) is 15.7. The standard InChI is InChI=1S/C15H24N4O3/c1-10-14(21)19-8-7-18(9-12(19)13(20)16-10)15(22)17-11-5-3-2-4-6-11/h10-12H,2-9H2,1H3,(H,16,20)(H,17,22)/t10-,12-/m1/s1. The van der Waals surface area contributed by atoms with Crippen molar-refractivity contribution < 1.29 is 14.4 Å². The highest BCUT2D eigenvalue weighted by atomic mass is 16.2. The highest BCUT2D eigenvalue weighted by molar-refractivity contribution is 5.97. The summed E-state index contributed by atoms with van der Waals surface area (Å²) in [7, 11) is 0. The van der Waals surface area contributed by atoms with Crippen molar-refractivity contribution in [1.29, 1.82) is 0 Å². The summed E-state index contributed by atoms with van der Waals surface area (Å²) < 4.78 is 0. The molecule has 1 aliphatic carbocycles. The van der Waals surface area contributed by atoms with Gasteiger partial charge in [-0.2, -0.15) is 0 Å². The lowest BCUT2D eigenvalue weighted by Crippen LogP contribution is -2.69. The van der Waals surface area contributed by atoms with Crippen LogP contribution in [-0.4, -0.2) is 65.4 Å². The zero-order valence-corrected chi connectivity index (χ0v) is 13.0. The predicted molar refractivity (Wildman–Crippen MR) is 80.1 cm³/mol. The molecule has 2 saturated heterocycles. The molecular formula is C15H24N4O3. The number of carbonyl (C=O) groups excluding carboxylic acids is 3. The maximum atomic E-state index is 12.4. The van der Waals surface area contributed by atoms with Crippen LogP contribution in [0.1, 0.15) is 39.0 Å². The van der Waals surface area contributed by atoms with E-state index < -0.39 is 12.1 Å². The molecule has 0 aromatic heterocycles. The van der Waals surface area contributed by atoms with Gasteiger partial charge in [-0.3, -0.25) is 9.59 Å². The first-order valence-electron chi connectivity index (χ1n) is 8.22. The van der Waals surface area contributed by atoms with Crippen LogP contribution in [0, 0.1) is 0 Å². The summed E-state index contributed by atoms with van der Waals surface area (Å²) in [6.07, 6.45) is 5.64. The van der Waals surface area contributed by atoms with E-state index in [1.807, 2.05) is 0 Å². The van der Waals surface area contributed by atoms with Crippen molar-refractivity contribution in [2.24, 2.45) is 0 Å². The molecule has 3 fully saturated rings. The molecule has 7 nitrogen and oxygen atoms in total. The van der Waals surface area contributed by atoms with Gasteiger partial charge in [0, 0.05) is 19.1 Å². The van der Waals surface area contributed by atoms with Crippen LogP contribution < -0.4 is 10.6 Å². The Morgan fingerprint density at radius 2 is 1.91 bits per heavy atom. The number of amides is 4. The van der Waals surface area contributed by atoms with E-state index >= 15 is 0 Å². The molecule has 2 aliphatic heterocycles. The van der Waals surface area contributed by atoms with Gasteiger partial charge in [0.1, 0.15) is 12.1 Å². The lowest BCUT2D eigenvalue weighted by Gasteiger charge is -2.44. The van der Waals surface area contributed by atoms with Crippen LogP contribution in [0.5, 0.6) is 0 Å². The summed E-state index contributed by atoms with van der Waals surface area (Å²) in [5, 5.41) is 5.75. The third-order valence-corrected chi connectivity index (χ3v) is 4.92. The van der Waals surface area contributed by atoms with E-state index in [0.717, 1.165) is 25.7 Å². The van der Waals surface area contributed by atoms with Gasteiger partial charge in [0.05, 0.1) is 6.54 Å². The summed E-state index contributed by atoms with van der Waals surface area (Å²) in [5.41, 5.74) is 0. The van der Waals surface area contributed by atoms with E-state index in [-0.39, 0.29) is 30.4 Å². The van der Waals surface area contributed by atoms with Crippen molar-refractivity contribution in [3.8, 4) is 0 Å². The summed E-state index contributed by atoms with van der Waals surface area (Å²) in [6, 6.07) is -0.868. The molecule has 2 N–H and O–H groups in total. The molecule has 1 saturated carbocycles. The number of nitrogens with one attached hydrogen (secondary N) is 2. The van der Waals surface area contributed by atoms with E-state index in [1.54, 1.807) is 16.7 Å². The maximum absolute atomic E-state index is 12.4. The minimum atomic E-state index is -0.547. The van der Waals surface area contributed by atoms with Gasteiger partial charge < -0.3 is 20.4 Å². The van der Waals surface area contributed by atoms with Gasteiger partial charge in [0.15, 0.2) is 0 Å². The van der Waals surface area contributed by atoms with Gasteiger partial charge in [-0.25, -0.2) is 4.79 Å². The summed E-state index contributed by atoms with van der Waals surface area (Å²) in [6.45, 7) is 2.89. The normalized spacial score (nSPS) is 29.9. The molecule has 2 heterocycles. The average Bonchev–Trinajstić information content (AvgIpc) is 2.53. The Kier molecular flexibility index (Phi) is 4.22. The second kappa shape index (κ2) is 6.14. The fourth-order valence-corrected chi connectivity index (χ4v) is 3.59. The molecule has 0 aromatic carbocycles. The number of urea groups is 1. The molecule has 7 heteroatoms. The van der Waals surface area contributed by atoms with E-state index in [9.17, 15) is 14.4 Å². The number of piperazine rings is 2. The average molecular weight is 308 g/mol. The summed E-state index contributed by atoms with van der Waals surface area (Å²) in [4.78, 5) is 39.8. The molecule has 22 heavy (non-hydrogen) atoms. The SMILES string of the molecule is C[C@H]1NC(=O)[C@H]2CN(C(=O)NC3CCCCC3)CCN2C1=O. The number of hydrogen-bond acceptors (Lipinski definition) is 3. The Morgan fingerprint density at radius 1 is 1.18 bits per heavy atom. The lowest BCUT2D eigenvalue weighted by atomic mass is 9.96. The number of hydrogen-bond donors (Lipinski definition) is 2. The van der Waals surface area contributed by atoms with Gasteiger partial charge in [-0.1, -0.05) is 19.3 Å². The Balaban J connectivity index is 1.59. The van der Waals surface area contributed by atoms with Crippen LogP contribution in [-0.2, 0) is 9.59 Å². The minimum Gasteiger partial charge on any atom is -0.343 e. The van der Waals surface area contributed by atoms with Crippen molar-refractivity contribution >= 4 is 17.8 Å². The molecule has 3 aliphatic rings. The van der Waals surface area contributed by atoms with Gasteiger partial charge in [0.2, 0.25) is 11.8 Å². The third-order valence-electron chi connectivity index (χ3n) is 4.92. The van der Waals surface area contributed by atoms with Crippen LogP contribution in [0.3, 0.4) is 0 Å². The van der Waals surface area contributed by atoms with Crippen LogP contribution in [0.2, 0.25) is 0 Å². The maximum Gasteiger partial charge on any atom is 0.317 e. The molecule has 0 unspecified atom stereocenters. The first kappa shape index (κ1) is 15.1. The Morgan fingerprint density at radius 3 is 2.64 bits per heavy atom. The van der Waals surface area contributed by atoms with Crippen LogP contribution >= 0.6 is 0 Å². The number of carbonyl (C=O) groups is 3. The lowest BCUT2D eigenvalue weighted by molar-refractivity contribution is -0.151. The van der Waals surface area contributed by atoms with Gasteiger partial charge >= 0.3 is 6.03 Å². The van der Waals surface area contributed by atoms with Crippen LogP contribution in [0.25, 0.3) is 0 Å². The van der Waals surface area contributed by atoms with Crippen molar-refractivity contribution in [3.63, 3.8) is 0 Å². The monoisotopic (exact) mass is 308 g/mol. The first-order chi connectivity index (χ1) is 10.6. The van der Waals surface area contributed by atoms with Crippen molar-refractivity contribution in [1.82, 2.24) is 20.4 Å². The minimum absolute atomic E-state index is 0.0584. The molecular weight excluding hydrogens is 284 g/mol. The Labute approximate surface area is 130 Å². The smallest absolute Gasteiger partial charge is 0.317 e. The van der Waals surface area contributed by atoms with Crippen molar-refractivity contribution in [2.75, 3.05) is 19.6 Å². The number of fused-ring (bicyclic) bond motifs is 1. The summed E-state index contributed by atoms with van der Waals surface area (Å²) >= 11 is 0. The largest absolute Gasteiger partial charge is 0.343 e. The second-order valence-corrected chi connectivity index (χ2v) is 6.51. The topological polar surface area (TPSA) is 81.8 Å². The molecule has 0 bridgehead atoms. The Bertz CT molecular complexity index is 475. The van der Waals surface area contributed by atoms with Crippen LogP contribution in [0.4, 0.5) is 4.79 Å². The van der Waals surface area contributed by atoms with Gasteiger partial charge in [0.25, 0.3) is 0 Å². The third kappa shape index (κ3) is 2.89. The zero-order valence-electron chi connectivity index (χ0n) is 13.0. The first-order valence-corrected chi connectivity index (χ1v) is 8.22. The van der Waals surface area contributed by atoms with E-state index in [4.69, 9.17) is 0 Å². The second-order valence-electron chi connectivity index (χ2n) is 6.51. The molecule has 4 amide bonds. The molecule has 122 valence electrons. The molecule has 2 atom stereocenters. The van der Waals surface area contributed by atoms with Gasteiger partial charge in [-0.15, -0.1) is 0 Å². The van der Waals surface area contributed by atoms with Crippen LogP contribution in [0.15, 0.2) is 0 Å². The fourth-order valence-electron chi connectivity index (χ4n) is 3.59. The highest BCUT2D eigenvalue weighted by Crippen LogP contribution is 2.19. The summed E-state index contributed by atoms with van der Waals surface area (Å²) in [5.74, 6) is -0.223. The van der Waals surface area contributed by atoms with E-state index in [0.29, 0.717) is 13.1 Å². The van der Waals surface area contributed by atoms with Crippen molar-refractivity contribution in [3.05, 3.63) is 0 Å². The number of nitrogens with zero attached hydrogens (tertiary/aromatic N) is 2. The van der Waals surface area contributed by atoms with E-state index in [1.165, 1.54) is 6.42 Å². The molecule has 0 spiro atoms. The predicted octanol–water partition coefficient (Wildman–Crippen LogP) is 0.0598. The molecule has 3 rings (SSSR count). The number of rotatable bonds is 1. The molecule has 0 aromatic rings. The highest BCUT2D eigenvalue weighted by Gasteiger charge is 2.42. The van der Waals surface area contributed by atoms with Crippen molar-refractivity contribution in [2.45, 2.75) is 57.2 Å². The molecule has 0 radical (unpaired) electrons.